The van der Waals surface area contributed by atoms with Gasteiger partial charge in [0.25, 0.3) is 0 Å². The summed E-state index contributed by atoms with van der Waals surface area (Å²) in [4.78, 5) is 15.0. The van der Waals surface area contributed by atoms with Gasteiger partial charge in [0.05, 0.1) is 23.9 Å². The van der Waals surface area contributed by atoms with E-state index < -0.39 is 4.92 Å². The highest BCUT2D eigenvalue weighted by Gasteiger charge is 2.26. The largest absolute Gasteiger partial charge is 0.389 e. The lowest BCUT2D eigenvalue weighted by Crippen LogP contribution is -2.47. The van der Waals surface area contributed by atoms with Crippen LogP contribution in [0.4, 0.5) is 5.82 Å². The van der Waals surface area contributed by atoms with E-state index in [4.69, 9.17) is 0 Å². The predicted octanol–water partition coefficient (Wildman–Crippen LogP) is 1.78. The molecule has 1 aromatic carbocycles. The van der Waals surface area contributed by atoms with Crippen LogP contribution in [0.5, 0.6) is 0 Å². The van der Waals surface area contributed by atoms with E-state index in [2.05, 4.69) is 46.2 Å². The normalized spacial score (nSPS) is 19.8. The van der Waals surface area contributed by atoms with Crippen LogP contribution in [-0.2, 0) is 6.54 Å². The average molecular weight is 315 g/mol. The highest BCUT2D eigenvalue weighted by atomic mass is 16.6. The Labute approximate surface area is 135 Å². The van der Waals surface area contributed by atoms with Crippen LogP contribution >= 0.6 is 0 Å². The van der Waals surface area contributed by atoms with Crippen molar-refractivity contribution in [3.63, 3.8) is 0 Å². The molecule has 0 saturated carbocycles. The third-order valence-electron chi connectivity index (χ3n) is 4.31. The first-order valence-electron chi connectivity index (χ1n) is 7.79. The Bertz CT molecular complexity index is 658. The van der Waals surface area contributed by atoms with E-state index in [-0.39, 0.29) is 5.82 Å². The van der Waals surface area contributed by atoms with Crippen molar-refractivity contribution in [2.24, 2.45) is 0 Å². The van der Waals surface area contributed by atoms with Crippen LogP contribution < -0.4 is 0 Å². The van der Waals surface area contributed by atoms with Crippen LogP contribution in [0, 0.1) is 10.1 Å². The van der Waals surface area contributed by atoms with Crippen LogP contribution in [0.25, 0.3) is 0 Å². The number of hydrogen-bond donors (Lipinski definition) is 0. The number of nitro groups is 1. The van der Waals surface area contributed by atoms with Crippen molar-refractivity contribution < 1.29 is 4.92 Å². The van der Waals surface area contributed by atoms with Gasteiger partial charge in [0.15, 0.2) is 0 Å². The fraction of sp³-hybridized carbons (Fsp3) is 0.438. The van der Waals surface area contributed by atoms with Crippen LogP contribution in [0.15, 0.2) is 42.6 Å². The Morgan fingerprint density at radius 3 is 2.70 bits per heavy atom. The Morgan fingerprint density at radius 2 is 2.00 bits per heavy atom. The van der Waals surface area contributed by atoms with Crippen molar-refractivity contribution in [3.8, 4) is 0 Å². The number of piperazine rings is 1. The molecule has 0 unspecified atom stereocenters. The van der Waals surface area contributed by atoms with Gasteiger partial charge in [-0.1, -0.05) is 30.3 Å². The molecular weight excluding hydrogens is 294 g/mol. The summed E-state index contributed by atoms with van der Waals surface area (Å²) in [7, 11) is 2.14. The minimum absolute atomic E-state index is 0.0945. The summed E-state index contributed by atoms with van der Waals surface area (Å²) >= 11 is 0. The summed E-state index contributed by atoms with van der Waals surface area (Å²) in [5.74, 6) is -0.0945. The maximum atomic E-state index is 10.7. The zero-order valence-corrected chi connectivity index (χ0v) is 13.2. The molecule has 1 aromatic heterocycles. The molecule has 1 saturated heterocycles. The number of benzene rings is 1. The summed E-state index contributed by atoms with van der Waals surface area (Å²) < 4.78 is 1.65. The SMILES string of the molecule is CN1CCN(CCn2ccc([N+](=O)[O-])n2)[C@@H](c2ccccc2)C1. The van der Waals surface area contributed by atoms with Gasteiger partial charge in [-0.25, -0.2) is 0 Å². The van der Waals surface area contributed by atoms with Crippen molar-refractivity contribution in [1.82, 2.24) is 19.6 Å². The number of nitrogens with zero attached hydrogens (tertiary/aromatic N) is 5. The van der Waals surface area contributed by atoms with E-state index in [0.717, 1.165) is 26.2 Å². The minimum atomic E-state index is -0.459. The van der Waals surface area contributed by atoms with Crippen LogP contribution in [-0.4, -0.2) is 57.7 Å². The molecule has 0 spiro atoms. The molecule has 0 aliphatic carbocycles. The summed E-state index contributed by atoms with van der Waals surface area (Å²) in [6, 6.07) is 12.3. The molecule has 1 fully saturated rings. The second-order valence-electron chi connectivity index (χ2n) is 5.92. The van der Waals surface area contributed by atoms with Gasteiger partial charge in [0, 0.05) is 32.2 Å². The van der Waals surface area contributed by atoms with Gasteiger partial charge in [0.2, 0.25) is 0 Å². The van der Waals surface area contributed by atoms with Crippen LogP contribution in [0.1, 0.15) is 11.6 Å². The lowest BCUT2D eigenvalue weighted by molar-refractivity contribution is -0.389. The van der Waals surface area contributed by atoms with Gasteiger partial charge < -0.3 is 15.0 Å². The lowest BCUT2D eigenvalue weighted by Gasteiger charge is -2.40. The molecule has 0 bridgehead atoms. The Balaban J connectivity index is 1.67. The molecule has 122 valence electrons. The van der Waals surface area contributed by atoms with Gasteiger partial charge in [-0.05, 0) is 17.5 Å². The van der Waals surface area contributed by atoms with Gasteiger partial charge in [-0.2, -0.15) is 4.68 Å². The summed E-state index contributed by atoms with van der Waals surface area (Å²) in [6.45, 7) is 4.48. The highest BCUT2D eigenvalue weighted by molar-refractivity contribution is 5.20. The molecule has 2 heterocycles. The molecule has 0 radical (unpaired) electrons. The number of likely N-dealkylation sites (N-methyl/N-ethyl adjacent to an activating group) is 1. The second kappa shape index (κ2) is 6.89. The molecule has 0 N–H and O–H groups in total. The van der Waals surface area contributed by atoms with Crippen LogP contribution in [0.3, 0.4) is 0 Å². The molecule has 1 aliphatic heterocycles. The standard InChI is InChI=1S/C16H21N5O2/c1-18-9-10-19(15(13-18)14-5-3-2-4-6-14)11-12-20-8-7-16(17-20)21(22)23/h2-8,15H,9-13H2,1H3/t15-/m1/s1. The first-order chi connectivity index (χ1) is 11.1. The van der Waals surface area contributed by atoms with E-state index in [1.165, 1.54) is 11.6 Å². The zero-order valence-electron chi connectivity index (χ0n) is 13.2. The summed E-state index contributed by atoms with van der Waals surface area (Å²) in [6.07, 6.45) is 1.67. The molecule has 1 aliphatic rings. The van der Waals surface area contributed by atoms with Crippen LogP contribution in [0.2, 0.25) is 0 Å². The molecule has 23 heavy (non-hydrogen) atoms. The van der Waals surface area contributed by atoms with Gasteiger partial charge in [-0.3, -0.25) is 4.90 Å². The van der Waals surface area contributed by atoms with E-state index in [0.29, 0.717) is 12.6 Å². The number of aromatic nitrogens is 2. The molecule has 7 nitrogen and oxygen atoms in total. The highest BCUT2D eigenvalue weighted by Crippen LogP contribution is 2.24. The van der Waals surface area contributed by atoms with Crippen molar-refractivity contribution in [2.75, 3.05) is 33.2 Å². The lowest BCUT2D eigenvalue weighted by atomic mass is 10.0. The quantitative estimate of drug-likeness (QED) is 0.621. The average Bonchev–Trinajstić information content (AvgIpc) is 3.04. The monoisotopic (exact) mass is 315 g/mol. The Morgan fingerprint density at radius 1 is 1.22 bits per heavy atom. The Hall–Kier alpha value is -2.25. The third-order valence-corrected chi connectivity index (χ3v) is 4.31. The molecule has 1 atom stereocenters. The first kappa shape index (κ1) is 15.6. The predicted molar refractivity (Wildman–Crippen MR) is 87.1 cm³/mol. The molecule has 7 heteroatoms. The second-order valence-corrected chi connectivity index (χ2v) is 5.92. The number of rotatable bonds is 5. The fourth-order valence-electron chi connectivity index (χ4n) is 3.02. The van der Waals surface area contributed by atoms with Crippen molar-refractivity contribution in [2.45, 2.75) is 12.6 Å². The fourth-order valence-corrected chi connectivity index (χ4v) is 3.02. The Kier molecular flexibility index (Phi) is 4.68. The summed E-state index contributed by atoms with van der Waals surface area (Å²) in [5.41, 5.74) is 1.31. The van der Waals surface area contributed by atoms with Crippen molar-refractivity contribution in [1.29, 1.82) is 0 Å². The molecule has 3 rings (SSSR count). The van der Waals surface area contributed by atoms with Gasteiger partial charge in [0.1, 0.15) is 0 Å². The smallest absolute Gasteiger partial charge is 0.358 e. The topological polar surface area (TPSA) is 67.4 Å². The minimum Gasteiger partial charge on any atom is -0.358 e. The third kappa shape index (κ3) is 3.75. The number of hydrogen-bond acceptors (Lipinski definition) is 5. The van der Waals surface area contributed by atoms with E-state index in [9.17, 15) is 10.1 Å². The van der Waals surface area contributed by atoms with E-state index in [1.807, 2.05) is 6.07 Å². The van der Waals surface area contributed by atoms with E-state index in [1.54, 1.807) is 10.9 Å². The van der Waals surface area contributed by atoms with E-state index >= 15 is 0 Å². The summed E-state index contributed by atoms with van der Waals surface area (Å²) in [5, 5.41) is 14.7. The van der Waals surface area contributed by atoms with Crippen molar-refractivity contribution in [3.05, 3.63) is 58.3 Å². The molecule has 2 aromatic rings. The van der Waals surface area contributed by atoms with Gasteiger partial charge in [-0.15, -0.1) is 0 Å². The van der Waals surface area contributed by atoms with Gasteiger partial charge >= 0.3 is 5.82 Å². The maximum absolute atomic E-state index is 10.7. The van der Waals surface area contributed by atoms with Crippen molar-refractivity contribution >= 4 is 5.82 Å². The first-order valence-corrected chi connectivity index (χ1v) is 7.79. The molecular formula is C16H21N5O2. The zero-order chi connectivity index (χ0) is 16.2. The maximum Gasteiger partial charge on any atom is 0.389 e. The molecule has 0 amide bonds.